The highest BCUT2D eigenvalue weighted by atomic mass is 35.5. The zero-order valence-corrected chi connectivity index (χ0v) is 11.5. The summed E-state index contributed by atoms with van der Waals surface area (Å²) >= 11 is 7.64. The van der Waals surface area contributed by atoms with Crippen LogP contribution in [-0.4, -0.2) is 17.9 Å². The van der Waals surface area contributed by atoms with Crippen molar-refractivity contribution < 1.29 is 4.79 Å². The van der Waals surface area contributed by atoms with Gasteiger partial charge in [-0.15, -0.1) is 11.3 Å². The fourth-order valence-electron chi connectivity index (χ4n) is 1.67. The Morgan fingerprint density at radius 1 is 1.39 bits per heavy atom. The van der Waals surface area contributed by atoms with Gasteiger partial charge in [-0.2, -0.15) is 0 Å². The smallest absolute Gasteiger partial charge is 0.257 e. The molecule has 2 rings (SSSR count). The van der Waals surface area contributed by atoms with Crippen molar-refractivity contribution in [2.24, 2.45) is 0 Å². The Hall–Kier alpha value is -1.52. The van der Waals surface area contributed by atoms with E-state index in [1.807, 2.05) is 17.5 Å². The van der Waals surface area contributed by atoms with E-state index in [0.717, 1.165) is 4.88 Å². The number of benzene rings is 1. The Balaban J connectivity index is 2.21. The van der Waals surface area contributed by atoms with Gasteiger partial charge in [0.15, 0.2) is 0 Å². The number of halogens is 1. The van der Waals surface area contributed by atoms with Gasteiger partial charge in [-0.1, -0.05) is 23.7 Å². The zero-order chi connectivity index (χ0) is 13.1. The van der Waals surface area contributed by atoms with Crippen LogP contribution in [0.25, 0.3) is 0 Å². The molecule has 0 saturated heterocycles. The predicted octanol–water partition coefficient (Wildman–Crippen LogP) is 3.26. The first-order chi connectivity index (χ1) is 8.59. The molecule has 0 aliphatic carbocycles. The number of nitrogen functional groups attached to an aromatic ring is 1. The summed E-state index contributed by atoms with van der Waals surface area (Å²) in [5.41, 5.74) is 6.59. The van der Waals surface area contributed by atoms with Crippen LogP contribution in [-0.2, 0) is 6.54 Å². The summed E-state index contributed by atoms with van der Waals surface area (Å²) in [6, 6.07) is 9.03. The molecular formula is C13H13ClN2OS. The summed E-state index contributed by atoms with van der Waals surface area (Å²) in [4.78, 5) is 15.0. The third-order valence-electron chi connectivity index (χ3n) is 2.58. The van der Waals surface area contributed by atoms with Crippen molar-refractivity contribution in [1.82, 2.24) is 4.90 Å². The number of hydrogen-bond donors (Lipinski definition) is 1. The zero-order valence-electron chi connectivity index (χ0n) is 9.89. The predicted molar refractivity (Wildman–Crippen MR) is 76.0 cm³/mol. The van der Waals surface area contributed by atoms with E-state index in [-0.39, 0.29) is 5.91 Å². The van der Waals surface area contributed by atoms with Gasteiger partial charge in [-0.3, -0.25) is 4.79 Å². The number of hydrogen-bond acceptors (Lipinski definition) is 3. The average Bonchev–Trinajstić information content (AvgIpc) is 2.81. The molecule has 1 amide bonds. The lowest BCUT2D eigenvalue weighted by Crippen LogP contribution is -2.26. The minimum atomic E-state index is -0.161. The van der Waals surface area contributed by atoms with Crippen molar-refractivity contribution in [3.8, 4) is 0 Å². The molecule has 0 spiro atoms. The first kappa shape index (κ1) is 12.9. The maximum atomic E-state index is 12.3. The van der Waals surface area contributed by atoms with Crippen LogP contribution in [0.15, 0.2) is 35.7 Å². The number of rotatable bonds is 3. The quantitative estimate of drug-likeness (QED) is 0.877. The van der Waals surface area contributed by atoms with Crippen LogP contribution in [0.1, 0.15) is 15.2 Å². The lowest BCUT2D eigenvalue weighted by molar-refractivity contribution is 0.0787. The highest BCUT2D eigenvalue weighted by Gasteiger charge is 2.18. The van der Waals surface area contributed by atoms with Crippen molar-refractivity contribution >= 4 is 34.5 Å². The topological polar surface area (TPSA) is 46.3 Å². The molecule has 18 heavy (non-hydrogen) atoms. The summed E-state index contributed by atoms with van der Waals surface area (Å²) in [6.45, 7) is 0.557. The van der Waals surface area contributed by atoms with Gasteiger partial charge in [0.25, 0.3) is 5.91 Å². The van der Waals surface area contributed by atoms with E-state index in [1.54, 1.807) is 41.5 Å². The number of carbonyl (C=O) groups excluding carboxylic acids is 1. The van der Waals surface area contributed by atoms with Crippen molar-refractivity contribution in [3.63, 3.8) is 0 Å². The SMILES string of the molecule is CN(Cc1cccs1)C(=O)c1c(N)cccc1Cl. The molecular weight excluding hydrogens is 268 g/mol. The van der Waals surface area contributed by atoms with Gasteiger partial charge in [0.05, 0.1) is 17.1 Å². The molecule has 0 saturated carbocycles. The normalized spacial score (nSPS) is 10.3. The van der Waals surface area contributed by atoms with Crippen molar-refractivity contribution in [3.05, 3.63) is 51.2 Å². The Morgan fingerprint density at radius 3 is 2.78 bits per heavy atom. The number of thiophene rings is 1. The molecule has 1 aromatic carbocycles. The molecule has 0 bridgehead atoms. The largest absolute Gasteiger partial charge is 0.398 e. The highest BCUT2D eigenvalue weighted by molar-refractivity contribution is 7.09. The Bertz CT molecular complexity index is 534. The van der Waals surface area contributed by atoms with Gasteiger partial charge in [-0.25, -0.2) is 0 Å². The Morgan fingerprint density at radius 2 is 2.17 bits per heavy atom. The van der Waals surface area contributed by atoms with E-state index in [2.05, 4.69) is 0 Å². The molecule has 0 unspecified atom stereocenters. The van der Waals surface area contributed by atoms with Crippen LogP contribution in [0.4, 0.5) is 5.69 Å². The molecule has 2 aromatic rings. The molecule has 1 aromatic heterocycles. The van der Waals surface area contributed by atoms with Crippen LogP contribution in [0.3, 0.4) is 0 Å². The first-order valence-corrected chi connectivity index (χ1v) is 6.67. The van der Waals surface area contributed by atoms with Crippen LogP contribution < -0.4 is 5.73 Å². The monoisotopic (exact) mass is 280 g/mol. The number of amides is 1. The van der Waals surface area contributed by atoms with E-state index in [1.165, 1.54) is 0 Å². The lowest BCUT2D eigenvalue weighted by atomic mass is 10.1. The van der Waals surface area contributed by atoms with Gasteiger partial charge in [0, 0.05) is 17.6 Å². The van der Waals surface area contributed by atoms with E-state index in [4.69, 9.17) is 17.3 Å². The molecule has 2 N–H and O–H groups in total. The van der Waals surface area contributed by atoms with Crippen LogP contribution in [0.5, 0.6) is 0 Å². The lowest BCUT2D eigenvalue weighted by Gasteiger charge is -2.18. The minimum Gasteiger partial charge on any atom is -0.398 e. The highest BCUT2D eigenvalue weighted by Crippen LogP contribution is 2.24. The second-order valence-electron chi connectivity index (χ2n) is 3.94. The Labute approximate surface area is 115 Å². The molecule has 94 valence electrons. The average molecular weight is 281 g/mol. The summed E-state index contributed by atoms with van der Waals surface area (Å²) < 4.78 is 0. The second-order valence-corrected chi connectivity index (χ2v) is 5.38. The van der Waals surface area contributed by atoms with Gasteiger partial charge in [0.1, 0.15) is 0 Å². The molecule has 0 radical (unpaired) electrons. The summed E-state index contributed by atoms with van der Waals surface area (Å²) in [7, 11) is 1.74. The third-order valence-corrected chi connectivity index (χ3v) is 3.76. The van der Waals surface area contributed by atoms with Crippen LogP contribution in [0, 0.1) is 0 Å². The molecule has 1 heterocycles. The summed E-state index contributed by atoms with van der Waals surface area (Å²) in [5.74, 6) is -0.161. The molecule has 0 fully saturated rings. The fourth-order valence-corrected chi connectivity index (χ4v) is 2.69. The molecule has 0 aliphatic rings. The first-order valence-electron chi connectivity index (χ1n) is 5.41. The van der Waals surface area contributed by atoms with Crippen LogP contribution in [0.2, 0.25) is 5.02 Å². The van der Waals surface area contributed by atoms with Gasteiger partial charge >= 0.3 is 0 Å². The van der Waals surface area contributed by atoms with Crippen LogP contribution >= 0.6 is 22.9 Å². The van der Waals surface area contributed by atoms with Crippen molar-refractivity contribution in [1.29, 1.82) is 0 Å². The number of nitrogens with zero attached hydrogens (tertiary/aromatic N) is 1. The van der Waals surface area contributed by atoms with Crippen molar-refractivity contribution in [2.45, 2.75) is 6.54 Å². The maximum Gasteiger partial charge on any atom is 0.257 e. The molecule has 0 aliphatic heterocycles. The van der Waals surface area contributed by atoms with Gasteiger partial charge in [0.2, 0.25) is 0 Å². The minimum absolute atomic E-state index is 0.161. The maximum absolute atomic E-state index is 12.3. The van der Waals surface area contributed by atoms with Crippen molar-refractivity contribution in [2.75, 3.05) is 12.8 Å². The van der Waals surface area contributed by atoms with E-state index in [0.29, 0.717) is 22.8 Å². The number of nitrogens with two attached hydrogens (primary N) is 1. The Kier molecular flexibility index (Phi) is 3.89. The van der Waals surface area contributed by atoms with Gasteiger partial charge < -0.3 is 10.6 Å². The van der Waals surface area contributed by atoms with E-state index in [9.17, 15) is 4.79 Å². The molecule has 5 heteroatoms. The summed E-state index contributed by atoms with van der Waals surface area (Å²) in [6.07, 6.45) is 0. The van der Waals surface area contributed by atoms with E-state index < -0.39 is 0 Å². The third kappa shape index (κ3) is 2.66. The standard InChI is InChI=1S/C13H13ClN2OS/c1-16(8-9-4-3-7-18-9)13(17)12-10(14)5-2-6-11(12)15/h2-7H,8,15H2,1H3. The second kappa shape index (κ2) is 5.42. The molecule has 3 nitrogen and oxygen atoms in total. The van der Waals surface area contributed by atoms with Gasteiger partial charge in [-0.05, 0) is 23.6 Å². The number of carbonyl (C=O) groups is 1. The van der Waals surface area contributed by atoms with E-state index >= 15 is 0 Å². The fraction of sp³-hybridized carbons (Fsp3) is 0.154. The molecule has 0 atom stereocenters. The summed E-state index contributed by atoms with van der Waals surface area (Å²) in [5, 5.41) is 2.37. The number of anilines is 1.